The normalized spacial score (nSPS) is 16.1. The fourth-order valence-corrected chi connectivity index (χ4v) is 3.33. The van der Waals surface area contributed by atoms with Gasteiger partial charge in [-0.05, 0) is 37.4 Å². The number of piperidine rings is 1. The topological polar surface area (TPSA) is 59.0 Å². The van der Waals surface area contributed by atoms with Gasteiger partial charge in [-0.1, -0.05) is 36.7 Å². The zero-order chi connectivity index (χ0) is 17.2. The molecule has 0 saturated carbocycles. The molecule has 1 saturated heterocycles. The van der Waals surface area contributed by atoms with Crippen LogP contribution in [0.5, 0.6) is 0 Å². The largest absolute Gasteiger partial charge is 0.351 e. The second-order valence-electron chi connectivity index (χ2n) is 6.79. The molecule has 0 atom stereocenters. The summed E-state index contributed by atoms with van der Waals surface area (Å²) < 4.78 is 1.65. The summed E-state index contributed by atoms with van der Waals surface area (Å²) in [6.07, 6.45) is 3.88. The van der Waals surface area contributed by atoms with Crippen LogP contribution in [0.1, 0.15) is 30.1 Å². The van der Waals surface area contributed by atoms with E-state index in [0.717, 1.165) is 31.5 Å². The lowest BCUT2D eigenvalue weighted by molar-refractivity contribution is 0.0923. The summed E-state index contributed by atoms with van der Waals surface area (Å²) in [6, 6.07) is 7.46. The first-order chi connectivity index (χ1) is 11.5. The Kier molecular flexibility index (Phi) is 6.49. The van der Waals surface area contributed by atoms with Gasteiger partial charge in [0.2, 0.25) is 0 Å². The standard InChI is InChI=1S/C18H23ClN4O.ClH/c1-18(7-9-20-10-8-18)12-21-17(24)14-11-23(2)22-16(14)13-5-3-4-6-15(13)19;/h3-6,11,20H,7-10,12H2,1-2H3,(H,21,24);1H. The lowest BCUT2D eigenvalue weighted by Crippen LogP contribution is -2.42. The number of hydrogen-bond donors (Lipinski definition) is 2. The summed E-state index contributed by atoms with van der Waals surface area (Å²) in [7, 11) is 1.81. The predicted octanol–water partition coefficient (Wildman–Crippen LogP) is 3.28. The summed E-state index contributed by atoms with van der Waals surface area (Å²) in [5.74, 6) is -0.0993. The number of benzene rings is 1. The molecule has 136 valence electrons. The summed E-state index contributed by atoms with van der Waals surface area (Å²) >= 11 is 6.28. The first-order valence-corrected chi connectivity index (χ1v) is 8.64. The Labute approximate surface area is 159 Å². The number of halogens is 2. The molecule has 5 nitrogen and oxygen atoms in total. The van der Waals surface area contributed by atoms with Gasteiger partial charge in [-0.25, -0.2) is 0 Å². The molecule has 1 aliphatic rings. The second-order valence-corrected chi connectivity index (χ2v) is 7.20. The van der Waals surface area contributed by atoms with Gasteiger partial charge < -0.3 is 10.6 Å². The minimum Gasteiger partial charge on any atom is -0.351 e. The SMILES string of the molecule is Cl.Cn1cc(C(=O)NCC2(C)CCNCC2)c(-c2ccccc2Cl)n1. The van der Waals surface area contributed by atoms with E-state index in [1.165, 1.54) is 0 Å². The smallest absolute Gasteiger partial charge is 0.255 e. The highest BCUT2D eigenvalue weighted by Gasteiger charge is 2.28. The van der Waals surface area contributed by atoms with E-state index in [9.17, 15) is 4.79 Å². The van der Waals surface area contributed by atoms with Gasteiger partial charge in [0.05, 0.1) is 10.6 Å². The number of amides is 1. The quantitative estimate of drug-likeness (QED) is 0.852. The molecule has 1 fully saturated rings. The van der Waals surface area contributed by atoms with E-state index in [0.29, 0.717) is 22.8 Å². The predicted molar refractivity (Wildman–Crippen MR) is 103 cm³/mol. The van der Waals surface area contributed by atoms with E-state index in [4.69, 9.17) is 11.6 Å². The van der Waals surface area contributed by atoms with Crippen LogP contribution in [0, 0.1) is 5.41 Å². The van der Waals surface area contributed by atoms with Crippen LogP contribution in [-0.2, 0) is 7.05 Å². The molecule has 1 amide bonds. The van der Waals surface area contributed by atoms with Crippen molar-refractivity contribution in [1.82, 2.24) is 20.4 Å². The Balaban J connectivity index is 0.00000225. The number of aromatic nitrogens is 2. The molecule has 1 aromatic heterocycles. The molecule has 1 aromatic carbocycles. The Morgan fingerprint density at radius 3 is 2.72 bits per heavy atom. The highest BCUT2D eigenvalue weighted by atomic mass is 35.5. The van der Waals surface area contributed by atoms with Crippen LogP contribution in [0.2, 0.25) is 5.02 Å². The molecule has 0 radical (unpaired) electrons. The van der Waals surface area contributed by atoms with Crippen molar-refractivity contribution in [2.75, 3.05) is 19.6 Å². The van der Waals surface area contributed by atoms with Crippen LogP contribution >= 0.6 is 24.0 Å². The number of aryl methyl sites for hydroxylation is 1. The molecule has 2 aromatic rings. The first-order valence-electron chi connectivity index (χ1n) is 8.26. The number of carbonyl (C=O) groups excluding carboxylic acids is 1. The van der Waals surface area contributed by atoms with E-state index in [1.807, 2.05) is 31.3 Å². The maximum atomic E-state index is 12.7. The molecule has 0 spiro atoms. The number of carbonyl (C=O) groups is 1. The lowest BCUT2D eigenvalue weighted by atomic mass is 9.81. The number of hydrogen-bond acceptors (Lipinski definition) is 3. The summed E-state index contributed by atoms with van der Waals surface area (Å²) in [5.41, 5.74) is 2.10. The van der Waals surface area contributed by atoms with Crippen LogP contribution in [-0.4, -0.2) is 35.3 Å². The Morgan fingerprint density at radius 1 is 1.36 bits per heavy atom. The van der Waals surface area contributed by atoms with Gasteiger partial charge in [0.1, 0.15) is 5.69 Å². The number of nitrogens with one attached hydrogen (secondary N) is 2. The van der Waals surface area contributed by atoms with Gasteiger partial charge in [-0.3, -0.25) is 9.48 Å². The van der Waals surface area contributed by atoms with Gasteiger partial charge in [0.15, 0.2) is 0 Å². The molecule has 0 bridgehead atoms. The first kappa shape index (κ1) is 19.8. The maximum absolute atomic E-state index is 12.7. The van der Waals surface area contributed by atoms with Crippen LogP contribution in [0.3, 0.4) is 0 Å². The molecule has 2 heterocycles. The van der Waals surface area contributed by atoms with Crippen molar-refractivity contribution in [2.24, 2.45) is 12.5 Å². The molecular formula is C18H24Cl2N4O. The molecule has 7 heteroatoms. The zero-order valence-corrected chi connectivity index (χ0v) is 16.1. The third-order valence-electron chi connectivity index (χ3n) is 4.69. The fraction of sp³-hybridized carbons (Fsp3) is 0.444. The third kappa shape index (κ3) is 4.54. The Morgan fingerprint density at radius 2 is 2.04 bits per heavy atom. The third-order valence-corrected chi connectivity index (χ3v) is 5.02. The van der Waals surface area contributed by atoms with Crippen LogP contribution in [0.15, 0.2) is 30.5 Å². The van der Waals surface area contributed by atoms with E-state index in [2.05, 4.69) is 22.7 Å². The lowest BCUT2D eigenvalue weighted by Gasteiger charge is -2.34. The van der Waals surface area contributed by atoms with E-state index < -0.39 is 0 Å². The van der Waals surface area contributed by atoms with Crippen molar-refractivity contribution >= 4 is 29.9 Å². The minimum absolute atomic E-state index is 0. The fourth-order valence-electron chi connectivity index (χ4n) is 3.10. The maximum Gasteiger partial charge on any atom is 0.255 e. The van der Waals surface area contributed by atoms with Gasteiger partial charge in [0.25, 0.3) is 5.91 Å². The Hall–Kier alpha value is -1.56. The number of rotatable bonds is 4. The van der Waals surface area contributed by atoms with Crippen molar-refractivity contribution in [3.8, 4) is 11.3 Å². The van der Waals surface area contributed by atoms with Crippen molar-refractivity contribution in [3.05, 3.63) is 41.0 Å². The van der Waals surface area contributed by atoms with E-state index in [1.54, 1.807) is 10.9 Å². The highest BCUT2D eigenvalue weighted by molar-refractivity contribution is 6.33. The highest BCUT2D eigenvalue weighted by Crippen LogP contribution is 2.30. The van der Waals surface area contributed by atoms with Gasteiger partial charge >= 0.3 is 0 Å². The van der Waals surface area contributed by atoms with E-state index >= 15 is 0 Å². The van der Waals surface area contributed by atoms with Gasteiger partial charge in [-0.2, -0.15) is 5.10 Å². The minimum atomic E-state index is -0.0993. The zero-order valence-electron chi connectivity index (χ0n) is 14.5. The van der Waals surface area contributed by atoms with Crippen molar-refractivity contribution in [2.45, 2.75) is 19.8 Å². The van der Waals surface area contributed by atoms with Crippen LogP contribution < -0.4 is 10.6 Å². The summed E-state index contributed by atoms with van der Waals surface area (Å²) in [6.45, 7) is 4.91. The number of nitrogens with zero attached hydrogens (tertiary/aromatic N) is 2. The molecule has 0 unspecified atom stereocenters. The average molecular weight is 383 g/mol. The second kappa shape index (κ2) is 8.21. The molecule has 1 aliphatic heterocycles. The molecule has 0 aliphatic carbocycles. The van der Waals surface area contributed by atoms with Crippen molar-refractivity contribution in [3.63, 3.8) is 0 Å². The monoisotopic (exact) mass is 382 g/mol. The molecule has 2 N–H and O–H groups in total. The Bertz CT molecular complexity index is 738. The van der Waals surface area contributed by atoms with Gasteiger partial charge in [-0.15, -0.1) is 12.4 Å². The van der Waals surface area contributed by atoms with Crippen molar-refractivity contribution < 1.29 is 4.79 Å². The molecular weight excluding hydrogens is 359 g/mol. The average Bonchev–Trinajstić information content (AvgIpc) is 2.95. The molecule has 25 heavy (non-hydrogen) atoms. The van der Waals surface area contributed by atoms with Gasteiger partial charge in [0, 0.05) is 25.4 Å². The summed E-state index contributed by atoms with van der Waals surface area (Å²) in [5, 5.41) is 11.5. The summed E-state index contributed by atoms with van der Waals surface area (Å²) in [4.78, 5) is 12.7. The van der Waals surface area contributed by atoms with E-state index in [-0.39, 0.29) is 23.7 Å². The molecule has 3 rings (SSSR count). The van der Waals surface area contributed by atoms with Crippen molar-refractivity contribution in [1.29, 1.82) is 0 Å². The van der Waals surface area contributed by atoms with Crippen LogP contribution in [0.25, 0.3) is 11.3 Å². The van der Waals surface area contributed by atoms with Crippen LogP contribution in [0.4, 0.5) is 0 Å².